The van der Waals surface area contributed by atoms with Crippen molar-refractivity contribution in [2.45, 2.75) is 46.3 Å². The zero-order chi connectivity index (χ0) is 26.0. The number of carbonyl (C=O) groups excluding carboxylic acids is 1. The van der Waals surface area contributed by atoms with E-state index >= 15 is 0 Å². The number of hydroxylamine groups is 2. The summed E-state index contributed by atoms with van der Waals surface area (Å²) in [5, 5.41) is 9.69. The summed E-state index contributed by atoms with van der Waals surface area (Å²) in [5.74, 6) is 0.884. The summed E-state index contributed by atoms with van der Waals surface area (Å²) in [7, 11) is 1.85. The number of nitrogens with one attached hydrogen (secondary N) is 1. The van der Waals surface area contributed by atoms with Crippen molar-refractivity contribution in [1.82, 2.24) is 24.8 Å². The normalized spacial score (nSPS) is 11.6. The highest BCUT2D eigenvalue weighted by Crippen LogP contribution is 2.31. The van der Waals surface area contributed by atoms with E-state index in [0.29, 0.717) is 17.4 Å². The summed E-state index contributed by atoms with van der Waals surface area (Å²) < 4.78 is 8.22. The number of aryl methyl sites for hydroxylation is 1. The molecule has 0 fully saturated rings. The van der Waals surface area contributed by atoms with Gasteiger partial charge in [-0.2, -0.15) is 5.10 Å². The number of hydrogen-bond donors (Lipinski definition) is 1. The average molecular weight is 553 g/mol. The minimum Gasteiger partial charge on any atom is -0.442 e. The lowest BCUT2D eigenvalue weighted by Gasteiger charge is -2.29. The van der Waals surface area contributed by atoms with Gasteiger partial charge >= 0.3 is 6.09 Å². The van der Waals surface area contributed by atoms with E-state index in [0.717, 1.165) is 26.5 Å². The third-order valence-electron chi connectivity index (χ3n) is 4.99. The quantitative estimate of drug-likeness (QED) is 0.273. The minimum atomic E-state index is -0.652. The molecule has 0 aliphatic rings. The number of ether oxygens (including phenoxy) is 1. The fraction of sp³-hybridized carbons (Fsp3) is 0.308. The highest BCUT2D eigenvalue weighted by atomic mass is 79.9. The Morgan fingerprint density at radius 2 is 1.89 bits per heavy atom. The Morgan fingerprint density at radius 3 is 2.56 bits per heavy atom. The maximum Gasteiger partial charge on any atom is 0.443 e. The van der Waals surface area contributed by atoms with Crippen molar-refractivity contribution < 1.29 is 14.4 Å². The van der Waals surface area contributed by atoms with Gasteiger partial charge in [0.2, 0.25) is 5.95 Å². The van der Waals surface area contributed by atoms with Crippen LogP contribution in [0.5, 0.6) is 5.75 Å². The van der Waals surface area contributed by atoms with Crippen molar-refractivity contribution in [3.8, 4) is 16.9 Å². The van der Waals surface area contributed by atoms with E-state index in [1.807, 2.05) is 78.2 Å². The van der Waals surface area contributed by atoms with Gasteiger partial charge in [-0.05, 0) is 70.5 Å². The second kappa shape index (κ2) is 10.1. The molecule has 2 heterocycles. The first-order valence-corrected chi connectivity index (χ1v) is 12.3. The van der Waals surface area contributed by atoms with Crippen molar-refractivity contribution in [3.63, 3.8) is 0 Å². The standard InChI is InChI=1S/C26H29BrN6O3/c1-16(2)33(25(34)35-26(3,4)5)36-22-11-17(19-14-29-32(6)15-19)10-21(12-22)30-24-28-13-18-9-20(27)7-8-23(18)31-24/h7-16H,1-6H3,(H,28,30,31). The Kier molecular flexibility index (Phi) is 7.16. The molecule has 0 unspecified atom stereocenters. The van der Waals surface area contributed by atoms with Gasteiger partial charge in [0.1, 0.15) is 5.60 Å². The molecule has 1 amide bonds. The van der Waals surface area contributed by atoms with Crippen LogP contribution in [0.4, 0.5) is 16.4 Å². The predicted molar refractivity (Wildman–Crippen MR) is 143 cm³/mol. The number of aromatic nitrogens is 4. The maximum atomic E-state index is 12.8. The van der Waals surface area contributed by atoms with Gasteiger partial charge < -0.3 is 14.9 Å². The molecular weight excluding hydrogens is 524 g/mol. The van der Waals surface area contributed by atoms with E-state index in [-0.39, 0.29) is 6.04 Å². The van der Waals surface area contributed by atoms with E-state index in [1.165, 1.54) is 5.06 Å². The van der Waals surface area contributed by atoms with Crippen LogP contribution < -0.4 is 10.2 Å². The fourth-order valence-electron chi connectivity index (χ4n) is 3.43. The highest BCUT2D eigenvalue weighted by molar-refractivity contribution is 9.10. The molecular formula is C26H29BrN6O3. The van der Waals surface area contributed by atoms with E-state index in [1.54, 1.807) is 23.1 Å². The van der Waals surface area contributed by atoms with Gasteiger partial charge in [-0.15, -0.1) is 5.06 Å². The minimum absolute atomic E-state index is 0.263. The second-order valence-electron chi connectivity index (χ2n) is 9.66. The van der Waals surface area contributed by atoms with Crippen molar-refractivity contribution in [2.24, 2.45) is 7.05 Å². The van der Waals surface area contributed by atoms with Gasteiger partial charge in [-0.25, -0.2) is 14.8 Å². The van der Waals surface area contributed by atoms with E-state index in [2.05, 4.69) is 36.3 Å². The summed E-state index contributed by atoms with van der Waals surface area (Å²) in [5.41, 5.74) is 2.59. The van der Waals surface area contributed by atoms with Crippen LogP contribution in [0.25, 0.3) is 22.0 Å². The molecule has 0 aliphatic heterocycles. The number of halogens is 1. The predicted octanol–water partition coefficient (Wildman–Crippen LogP) is 6.48. The zero-order valence-corrected chi connectivity index (χ0v) is 22.7. The van der Waals surface area contributed by atoms with Crippen LogP contribution >= 0.6 is 15.9 Å². The molecule has 2 aromatic heterocycles. The van der Waals surface area contributed by atoms with Gasteiger partial charge in [0.25, 0.3) is 0 Å². The fourth-order valence-corrected chi connectivity index (χ4v) is 3.81. The second-order valence-corrected chi connectivity index (χ2v) is 10.6. The van der Waals surface area contributed by atoms with E-state index < -0.39 is 11.7 Å². The number of benzene rings is 2. The molecule has 0 radical (unpaired) electrons. The number of anilines is 2. The molecule has 2 aromatic carbocycles. The number of rotatable bonds is 6. The molecule has 0 bridgehead atoms. The first kappa shape index (κ1) is 25.4. The van der Waals surface area contributed by atoms with E-state index in [4.69, 9.17) is 9.57 Å². The van der Waals surface area contributed by atoms with Crippen LogP contribution in [0.15, 0.2) is 59.5 Å². The maximum absolute atomic E-state index is 12.8. The molecule has 4 rings (SSSR count). The first-order chi connectivity index (χ1) is 17.0. The largest absolute Gasteiger partial charge is 0.443 e. The van der Waals surface area contributed by atoms with Crippen molar-refractivity contribution in [2.75, 3.05) is 5.32 Å². The number of carbonyl (C=O) groups is 1. The molecule has 0 atom stereocenters. The molecule has 1 N–H and O–H groups in total. The Bertz CT molecular complexity index is 1400. The first-order valence-electron chi connectivity index (χ1n) is 11.5. The summed E-state index contributed by atoms with van der Waals surface area (Å²) in [6, 6.07) is 11.1. The molecule has 188 valence electrons. The summed E-state index contributed by atoms with van der Waals surface area (Å²) in [6.07, 6.45) is 4.87. The Balaban J connectivity index is 1.69. The molecule has 9 nitrogen and oxygen atoms in total. The smallest absolute Gasteiger partial charge is 0.442 e. The highest BCUT2D eigenvalue weighted by Gasteiger charge is 2.26. The van der Waals surface area contributed by atoms with Crippen molar-refractivity contribution in [1.29, 1.82) is 0 Å². The molecule has 0 spiro atoms. The Hall–Kier alpha value is -3.66. The summed E-state index contributed by atoms with van der Waals surface area (Å²) in [4.78, 5) is 27.9. The molecule has 10 heteroatoms. The van der Waals surface area contributed by atoms with Crippen molar-refractivity contribution >= 4 is 44.6 Å². The SMILES string of the molecule is CC(C)N(Oc1cc(Nc2ncc3cc(Br)ccc3n2)cc(-c2cnn(C)c2)c1)C(=O)OC(C)(C)C. The zero-order valence-electron chi connectivity index (χ0n) is 21.1. The third kappa shape index (κ3) is 6.31. The number of fused-ring (bicyclic) bond motifs is 1. The monoisotopic (exact) mass is 552 g/mol. The molecule has 0 saturated carbocycles. The van der Waals surface area contributed by atoms with Crippen LogP contribution in [0.3, 0.4) is 0 Å². The van der Waals surface area contributed by atoms with Crippen LogP contribution in [0, 0.1) is 0 Å². The van der Waals surface area contributed by atoms with Crippen LogP contribution in [-0.4, -0.2) is 42.5 Å². The molecule has 0 saturated heterocycles. The van der Waals surface area contributed by atoms with Crippen LogP contribution in [-0.2, 0) is 11.8 Å². The van der Waals surface area contributed by atoms with Gasteiger partial charge in [0.05, 0.1) is 17.8 Å². The molecule has 0 aliphatic carbocycles. The van der Waals surface area contributed by atoms with Crippen LogP contribution in [0.2, 0.25) is 0 Å². The van der Waals surface area contributed by atoms with Crippen LogP contribution in [0.1, 0.15) is 34.6 Å². The number of nitrogens with zero attached hydrogens (tertiary/aromatic N) is 5. The number of amides is 1. The third-order valence-corrected chi connectivity index (χ3v) is 5.48. The molecule has 4 aromatic rings. The van der Waals surface area contributed by atoms with E-state index in [9.17, 15) is 4.79 Å². The van der Waals surface area contributed by atoms with Gasteiger partial charge in [-0.1, -0.05) is 15.9 Å². The lowest BCUT2D eigenvalue weighted by atomic mass is 10.1. The summed E-state index contributed by atoms with van der Waals surface area (Å²) >= 11 is 3.47. The Morgan fingerprint density at radius 1 is 1.11 bits per heavy atom. The van der Waals surface area contributed by atoms with Crippen molar-refractivity contribution in [3.05, 3.63) is 59.5 Å². The lowest BCUT2D eigenvalue weighted by molar-refractivity contribution is -0.0896. The van der Waals surface area contributed by atoms with Gasteiger partial charge in [-0.3, -0.25) is 4.68 Å². The topological polar surface area (TPSA) is 94.4 Å². The Labute approximate surface area is 218 Å². The lowest BCUT2D eigenvalue weighted by Crippen LogP contribution is -2.43. The van der Waals surface area contributed by atoms with Gasteiger partial charge in [0.15, 0.2) is 5.75 Å². The average Bonchev–Trinajstić information content (AvgIpc) is 3.22. The van der Waals surface area contributed by atoms with Gasteiger partial charge in [0, 0.05) is 46.6 Å². The molecule has 36 heavy (non-hydrogen) atoms. The summed E-state index contributed by atoms with van der Waals surface area (Å²) in [6.45, 7) is 9.16. The number of hydrogen-bond acceptors (Lipinski definition) is 7.